The van der Waals surface area contributed by atoms with Gasteiger partial charge < -0.3 is 5.32 Å². The smallest absolute Gasteiger partial charge is 0.142 e. The van der Waals surface area contributed by atoms with Crippen molar-refractivity contribution in [1.29, 1.82) is 0 Å². The van der Waals surface area contributed by atoms with Crippen LogP contribution in [-0.4, -0.2) is 28.0 Å². The Hall–Kier alpha value is -0.970. The molecule has 0 aromatic carbocycles. The van der Waals surface area contributed by atoms with Crippen LogP contribution in [0, 0.1) is 18.3 Å². The van der Waals surface area contributed by atoms with E-state index in [9.17, 15) is 0 Å². The summed E-state index contributed by atoms with van der Waals surface area (Å²) in [6.45, 7) is 11.9. The summed E-state index contributed by atoms with van der Waals surface area (Å²) < 4.78 is 4.08. The molecule has 1 saturated carbocycles. The number of aryl methyl sites for hydroxylation is 1. The van der Waals surface area contributed by atoms with E-state index < -0.39 is 0 Å². The molecule has 1 heterocycles. The molecule has 1 aliphatic rings. The third kappa shape index (κ3) is 4.77. The van der Waals surface area contributed by atoms with Crippen molar-refractivity contribution >= 4 is 17.4 Å². The lowest BCUT2D eigenvalue weighted by molar-refractivity contribution is 0.315. The normalized spacial score (nSPS) is 19.2. The number of hydrogen-bond acceptors (Lipinski definition) is 4. The Kier molecular flexibility index (Phi) is 5.95. The zero-order valence-electron chi connectivity index (χ0n) is 14.6. The molecule has 0 radical (unpaired) electrons. The van der Waals surface area contributed by atoms with Crippen molar-refractivity contribution in [2.24, 2.45) is 16.3 Å². The Balaban J connectivity index is 2.12. The molecule has 124 valence electrons. The van der Waals surface area contributed by atoms with Crippen molar-refractivity contribution in [2.75, 3.05) is 6.54 Å². The standard InChI is InChI=1S/C17H30N4S/c1-12-15(22-21-20-12)16(19-13(2)17(3,4)5)18-11-14-9-7-6-8-10-14/h13-14H,6-11H2,1-5H3,(H,18,19). The minimum atomic E-state index is 0.192. The Bertz CT molecular complexity index is 495. The average Bonchev–Trinajstić information content (AvgIpc) is 2.89. The van der Waals surface area contributed by atoms with E-state index in [0.717, 1.165) is 28.9 Å². The highest BCUT2D eigenvalue weighted by molar-refractivity contribution is 7.08. The van der Waals surface area contributed by atoms with Gasteiger partial charge in [0.1, 0.15) is 10.7 Å². The van der Waals surface area contributed by atoms with E-state index >= 15 is 0 Å². The summed E-state index contributed by atoms with van der Waals surface area (Å²) in [5.74, 6) is 1.73. The van der Waals surface area contributed by atoms with Gasteiger partial charge in [0.25, 0.3) is 0 Å². The van der Waals surface area contributed by atoms with E-state index in [4.69, 9.17) is 4.99 Å². The second-order valence-electron chi connectivity index (χ2n) is 7.61. The number of amidine groups is 1. The highest BCUT2D eigenvalue weighted by Gasteiger charge is 2.23. The highest BCUT2D eigenvalue weighted by atomic mass is 32.1. The average molecular weight is 323 g/mol. The van der Waals surface area contributed by atoms with Gasteiger partial charge in [0.2, 0.25) is 0 Å². The molecule has 1 aromatic heterocycles. The molecule has 0 bridgehead atoms. The number of rotatable bonds is 4. The molecular formula is C17H30N4S. The van der Waals surface area contributed by atoms with Crippen molar-refractivity contribution in [3.05, 3.63) is 10.6 Å². The summed E-state index contributed by atoms with van der Waals surface area (Å²) in [6.07, 6.45) is 6.77. The van der Waals surface area contributed by atoms with Crippen LogP contribution in [0.5, 0.6) is 0 Å². The van der Waals surface area contributed by atoms with Crippen LogP contribution < -0.4 is 5.32 Å². The summed E-state index contributed by atoms with van der Waals surface area (Å²) in [7, 11) is 0. The largest absolute Gasteiger partial charge is 0.366 e. The minimum Gasteiger partial charge on any atom is -0.366 e. The molecule has 1 fully saturated rings. The lowest BCUT2D eigenvalue weighted by atomic mass is 9.88. The molecule has 0 aliphatic heterocycles. The fourth-order valence-electron chi connectivity index (χ4n) is 2.64. The number of aromatic nitrogens is 2. The van der Waals surface area contributed by atoms with E-state index in [-0.39, 0.29) is 5.41 Å². The van der Waals surface area contributed by atoms with E-state index in [0.29, 0.717) is 6.04 Å². The molecule has 0 saturated heterocycles. The second-order valence-corrected chi connectivity index (χ2v) is 8.37. The number of nitrogens with zero attached hydrogens (tertiary/aromatic N) is 3. The van der Waals surface area contributed by atoms with Crippen molar-refractivity contribution in [3.63, 3.8) is 0 Å². The van der Waals surface area contributed by atoms with Gasteiger partial charge in [0.05, 0.1) is 5.69 Å². The lowest BCUT2D eigenvalue weighted by Gasteiger charge is -2.29. The molecule has 1 atom stereocenters. The van der Waals surface area contributed by atoms with E-state index in [2.05, 4.69) is 42.6 Å². The van der Waals surface area contributed by atoms with Crippen LogP contribution in [0.1, 0.15) is 70.4 Å². The Morgan fingerprint density at radius 3 is 2.55 bits per heavy atom. The molecule has 1 unspecified atom stereocenters. The molecule has 1 aromatic rings. The molecule has 1 aliphatic carbocycles. The predicted octanol–water partition coefficient (Wildman–Crippen LogP) is 4.20. The molecule has 22 heavy (non-hydrogen) atoms. The number of nitrogens with one attached hydrogen (secondary N) is 1. The molecular weight excluding hydrogens is 292 g/mol. The Morgan fingerprint density at radius 1 is 1.32 bits per heavy atom. The Labute approximate surface area is 139 Å². The first kappa shape index (κ1) is 17.4. The molecule has 5 heteroatoms. The summed E-state index contributed by atoms with van der Waals surface area (Å²) in [6, 6.07) is 0.346. The first-order valence-corrected chi connectivity index (χ1v) is 9.25. The summed E-state index contributed by atoms with van der Waals surface area (Å²) in [5.41, 5.74) is 1.17. The molecule has 1 N–H and O–H groups in total. The first-order valence-electron chi connectivity index (χ1n) is 8.48. The Morgan fingerprint density at radius 2 is 2.00 bits per heavy atom. The van der Waals surface area contributed by atoms with Gasteiger partial charge in [-0.2, -0.15) is 0 Å². The number of aliphatic imine (C=N–C) groups is 1. The molecule has 2 rings (SSSR count). The SMILES string of the molecule is Cc1nnsc1C(=NCC1CCCCC1)NC(C)C(C)(C)C. The molecule has 4 nitrogen and oxygen atoms in total. The number of hydrogen-bond donors (Lipinski definition) is 1. The minimum absolute atomic E-state index is 0.192. The van der Waals surface area contributed by atoms with Gasteiger partial charge in [-0.15, -0.1) is 5.10 Å². The molecule has 0 amide bonds. The summed E-state index contributed by atoms with van der Waals surface area (Å²) in [5, 5.41) is 7.77. The van der Waals surface area contributed by atoms with Crippen LogP contribution in [0.2, 0.25) is 0 Å². The fraction of sp³-hybridized carbons (Fsp3) is 0.824. The van der Waals surface area contributed by atoms with Crippen LogP contribution in [0.15, 0.2) is 4.99 Å². The van der Waals surface area contributed by atoms with Crippen molar-refractivity contribution in [2.45, 2.75) is 72.8 Å². The van der Waals surface area contributed by atoms with E-state index in [1.54, 1.807) is 0 Å². The van der Waals surface area contributed by atoms with Crippen LogP contribution >= 0.6 is 11.5 Å². The van der Waals surface area contributed by atoms with Gasteiger partial charge in [-0.1, -0.05) is 44.5 Å². The van der Waals surface area contributed by atoms with Crippen molar-refractivity contribution in [3.8, 4) is 0 Å². The van der Waals surface area contributed by atoms with Gasteiger partial charge in [-0.25, -0.2) is 0 Å². The maximum absolute atomic E-state index is 4.94. The molecule has 0 spiro atoms. The van der Waals surface area contributed by atoms with E-state index in [1.807, 2.05) is 6.92 Å². The fourth-order valence-corrected chi connectivity index (χ4v) is 3.27. The van der Waals surface area contributed by atoms with Crippen LogP contribution in [-0.2, 0) is 0 Å². The highest BCUT2D eigenvalue weighted by Crippen LogP contribution is 2.24. The zero-order valence-corrected chi connectivity index (χ0v) is 15.5. The topological polar surface area (TPSA) is 50.2 Å². The van der Waals surface area contributed by atoms with Crippen molar-refractivity contribution in [1.82, 2.24) is 14.9 Å². The van der Waals surface area contributed by atoms with E-state index in [1.165, 1.54) is 43.6 Å². The first-order chi connectivity index (χ1) is 10.4. The van der Waals surface area contributed by atoms with Crippen molar-refractivity contribution < 1.29 is 0 Å². The van der Waals surface area contributed by atoms with Gasteiger partial charge >= 0.3 is 0 Å². The third-order valence-corrected chi connectivity index (χ3v) is 5.59. The van der Waals surface area contributed by atoms with Crippen LogP contribution in [0.3, 0.4) is 0 Å². The zero-order chi connectivity index (χ0) is 16.2. The summed E-state index contributed by atoms with van der Waals surface area (Å²) in [4.78, 5) is 6.03. The van der Waals surface area contributed by atoms with Gasteiger partial charge in [0.15, 0.2) is 0 Å². The third-order valence-electron chi connectivity index (χ3n) is 4.75. The lowest BCUT2D eigenvalue weighted by Crippen LogP contribution is -2.42. The summed E-state index contributed by atoms with van der Waals surface area (Å²) >= 11 is 1.44. The van der Waals surface area contributed by atoms with Crippen LogP contribution in [0.4, 0.5) is 0 Å². The maximum atomic E-state index is 4.94. The predicted molar refractivity (Wildman–Crippen MR) is 94.7 cm³/mol. The maximum Gasteiger partial charge on any atom is 0.142 e. The van der Waals surface area contributed by atoms with Gasteiger partial charge in [-0.05, 0) is 49.6 Å². The van der Waals surface area contributed by atoms with Gasteiger partial charge in [0, 0.05) is 12.6 Å². The second kappa shape index (κ2) is 7.53. The van der Waals surface area contributed by atoms with Crippen LogP contribution in [0.25, 0.3) is 0 Å². The monoisotopic (exact) mass is 322 g/mol. The van der Waals surface area contributed by atoms with Gasteiger partial charge in [-0.3, -0.25) is 4.99 Å². The quantitative estimate of drug-likeness (QED) is 0.667.